The van der Waals surface area contributed by atoms with Crippen molar-refractivity contribution in [3.63, 3.8) is 0 Å². The Morgan fingerprint density at radius 3 is 1.18 bits per heavy atom. The van der Waals surface area contributed by atoms with E-state index in [2.05, 4.69) is 22.4 Å². The summed E-state index contributed by atoms with van der Waals surface area (Å²) in [6.07, 6.45) is 0.846. The molecule has 0 radical (unpaired) electrons. The van der Waals surface area contributed by atoms with Crippen LogP contribution in [-0.2, 0) is 9.47 Å². The van der Waals surface area contributed by atoms with Crippen molar-refractivity contribution < 1.29 is 9.47 Å². The monoisotopic (exact) mass is 308 g/mol. The van der Waals surface area contributed by atoms with Gasteiger partial charge in [-0.2, -0.15) is 20.8 Å². The SMILES string of the molecule is COC(C)(C#N)CC(C)(C)N=NC(C)(C)CC(C)(C#N)OC. The number of rotatable bonds is 8. The third-order valence-electron chi connectivity index (χ3n) is 3.51. The van der Waals surface area contributed by atoms with Crippen LogP contribution in [0.25, 0.3) is 0 Å². The standard InChI is InChI=1S/C16H28N4O2/c1-13(2,9-15(5,11-17)21-7)19-20-14(3,4)10-16(6,12-18)22-8/h9-10H2,1-8H3. The molecule has 0 amide bonds. The van der Waals surface area contributed by atoms with Gasteiger partial charge in [-0.15, -0.1) is 0 Å². The second kappa shape index (κ2) is 7.17. The molecular formula is C16H28N4O2. The number of hydrogen-bond donors (Lipinski definition) is 0. The maximum absolute atomic E-state index is 9.19. The fraction of sp³-hybridized carbons (Fsp3) is 0.875. The molecule has 0 aliphatic rings. The smallest absolute Gasteiger partial charge is 0.153 e. The summed E-state index contributed by atoms with van der Waals surface area (Å²) in [5.74, 6) is 0. The van der Waals surface area contributed by atoms with Crippen molar-refractivity contribution in [2.75, 3.05) is 14.2 Å². The highest BCUT2D eigenvalue weighted by atomic mass is 16.5. The molecule has 0 N–H and O–H groups in total. The second-order valence-corrected chi connectivity index (χ2v) is 7.27. The Morgan fingerprint density at radius 2 is 1.00 bits per heavy atom. The minimum atomic E-state index is -0.902. The van der Waals surface area contributed by atoms with Crippen molar-refractivity contribution >= 4 is 0 Å². The highest BCUT2D eigenvalue weighted by Gasteiger charge is 2.35. The maximum Gasteiger partial charge on any atom is 0.153 e. The Kier molecular flexibility index (Phi) is 6.69. The van der Waals surface area contributed by atoms with Gasteiger partial charge in [0.05, 0.1) is 23.2 Å². The van der Waals surface area contributed by atoms with E-state index in [1.807, 2.05) is 27.7 Å². The predicted molar refractivity (Wildman–Crippen MR) is 84.3 cm³/mol. The zero-order valence-electron chi connectivity index (χ0n) is 15.0. The summed E-state index contributed by atoms with van der Waals surface area (Å²) < 4.78 is 10.5. The first kappa shape index (κ1) is 20.5. The van der Waals surface area contributed by atoms with E-state index in [0.717, 1.165) is 0 Å². The summed E-state index contributed by atoms with van der Waals surface area (Å²) in [5.41, 5.74) is -2.90. The van der Waals surface area contributed by atoms with E-state index >= 15 is 0 Å². The highest BCUT2D eigenvalue weighted by molar-refractivity contribution is 5.04. The van der Waals surface area contributed by atoms with Crippen molar-refractivity contribution in [1.82, 2.24) is 0 Å². The summed E-state index contributed by atoms with van der Waals surface area (Å²) in [6.45, 7) is 11.1. The summed E-state index contributed by atoms with van der Waals surface area (Å²) in [4.78, 5) is 0. The quantitative estimate of drug-likeness (QED) is 0.640. The molecular weight excluding hydrogens is 280 g/mol. The molecule has 0 aliphatic heterocycles. The molecule has 0 aromatic heterocycles. The molecule has 0 aliphatic carbocycles. The van der Waals surface area contributed by atoms with Crippen LogP contribution in [0.15, 0.2) is 10.2 Å². The van der Waals surface area contributed by atoms with Gasteiger partial charge in [0, 0.05) is 27.1 Å². The Morgan fingerprint density at radius 1 is 0.727 bits per heavy atom. The van der Waals surface area contributed by atoms with E-state index in [0.29, 0.717) is 12.8 Å². The van der Waals surface area contributed by atoms with Gasteiger partial charge < -0.3 is 9.47 Å². The summed E-state index contributed by atoms with van der Waals surface area (Å²) in [5, 5.41) is 27.2. The molecule has 0 bridgehead atoms. The van der Waals surface area contributed by atoms with Crippen molar-refractivity contribution in [2.45, 2.75) is 76.7 Å². The normalized spacial score (nSPS) is 18.3. The predicted octanol–water partition coefficient (Wildman–Crippen LogP) is 3.63. The van der Waals surface area contributed by atoms with E-state index in [4.69, 9.17) is 9.47 Å². The lowest BCUT2D eigenvalue weighted by Gasteiger charge is -2.31. The second-order valence-electron chi connectivity index (χ2n) is 7.27. The molecule has 6 heteroatoms. The Bertz CT molecular complexity index is 443. The van der Waals surface area contributed by atoms with Crippen LogP contribution in [0.1, 0.15) is 54.4 Å². The zero-order chi connectivity index (χ0) is 17.7. The molecule has 0 saturated carbocycles. The molecule has 0 fully saturated rings. The van der Waals surface area contributed by atoms with Crippen LogP contribution >= 0.6 is 0 Å². The maximum atomic E-state index is 9.19. The number of ether oxygens (including phenoxy) is 2. The summed E-state index contributed by atoms with van der Waals surface area (Å²) in [7, 11) is 3.02. The lowest BCUT2D eigenvalue weighted by molar-refractivity contribution is 0.0269. The number of azo groups is 1. The molecule has 124 valence electrons. The van der Waals surface area contributed by atoms with Crippen molar-refractivity contribution in [2.24, 2.45) is 10.2 Å². The topological polar surface area (TPSA) is 90.8 Å². The fourth-order valence-electron chi connectivity index (χ4n) is 2.31. The van der Waals surface area contributed by atoms with Crippen molar-refractivity contribution in [3.05, 3.63) is 0 Å². The number of nitrogens with zero attached hydrogens (tertiary/aromatic N) is 4. The minimum Gasteiger partial charge on any atom is -0.364 e. The van der Waals surface area contributed by atoms with Gasteiger partial charge in [0.1, 0.15) is 0 Å². The average molecular weight is 308 g/mol. The minimum absolute atomic E-state index is 0.423. The van der Waals surface area contributed by atoms with Crippen LogP contribution in [0.4, 0.5) is 0 Å². The van der Waals surface area contributed by atoms with Gasteiger partial charge >= 0.3 is 0 Å². The Labute approximate surface area is 134 Å². The van der Waals surface area contributed by atoms with E-state index in [-0.39, 0.29) is 0 Å². The van der Waals surface area contributed by atoms with Crippen LogP contribution in [0.3, 0.4) is 0 Å². The zero-order valence-corrected chi connectivity index (χ0v) is 15.0. The third kappa shape index (κ3) is 6.51. The summed E-state index contributed by atoms with van der Waals surface area (Å²) >= 11 is 0. The van der Waals surface area contributed by atoms with Crippen LogP contribution < -0.4 is 0 Å². The van der Waals surface area contributed by atoms with Gasteiger partial charge in [-0.1, -0.05) is 0 Å². The molecule has 0 saturated heterocycles. The molecule has 2 unspecified atom stereocenters. The van der Waals surface area contributed by atoms with Gasteiger partial charge in [0.25, 0.3) is 0 Å². The van der Waals surface area contributed by atoms with E-state index in [9.17, 15) is 10.5 Å². The van der Waals surface area contributed by atoms with E-state index < -0.39 is 22.3 Å². The lowest BCUT2D eigenvalue weighted by atomic mass is 9.89. The average Bonchev–Trinajstić information content (AvgIpc) is 2.44. The first-order valence-electron chi connectivity index (χ1n) is 7.23. The van der Waals surface area contributed by atoms with Gasteiger partial charge in [0.2, 0.25) is 0 Å². The van der Waals surface area contributed by atoms with Crippen LogP contribution in [-0.4, -0.2) is 36.5 Å². The van der Waals surface area contributed by atoms with E-state index in [1.54, 1.807) is 13.8 Å². The van der Waals surface area contributed by atoms with Gasteiger partial charge in [0.15, 0.2) is 11.2 Å². The first-order valence-corrected chi connectivity index (χ1v) is 7.23. The van der Waals surface area contributed by atoms with Gasteiger partial charge in [-0.05, 0) is 41.5 Å². The number of nitriles is 2. The largest absolute Gasteiger partial charge is 0.364 e. The van der Waals surface area contributed by atoms with Crippen molar-refractivity contribution in [3.8, 4) is 12.1 Å². The van der Waals surface area contributed by atoms with Gasteiger partial charge in [-0.25, -0.2) is 0 Å². The molecule has 2 atom stereocenters. The van der Waals surface area contributed by atoms with Crippen LogP contribution in [0.2, 0.25) is 0 Å². The van der Waals surface area contributed by atoms with Crippen LogP contribution in [0, 0.1) is 22.7 Å². The molecule has 0 rings (SSSR count). The molecule has 0 spiro atoms. The van der Waals surface area contributed by atoms with Crippen LogP contribution in [0.5, 0.6) is 0 Å². The fourth-order valence-corrected chi connectivity index (χ4v) is 2.31. The highest BCUT2D eigenvalue weighted by Crippen LogP contribution is 2.30. The molecule has 0 aromatic carbocycles. The first-order chi connectivity index (χ1) is 9.86. The number of hydrogen-bond acceptors (Lipinski definition) is 6. The Balaban J connectivity index is 5.09. The van der Waals surface area contributed by atoms with Crippen molar-refractivity contribution in [1.29, 1.82) is 10.5 Å². The molecule has 0 aromatic rings. The molecule has 22 heavy (non-hydrogen) atoms. The Hall–Kier alpha value is -1.50. The summed E-state index contributed by atoms with van der Waals surface area (Å²) in [6, 6.07) is 4.30. The molecule has 6 nitrogen and oxygen atoms in total. The third-order valence-corrected chi connectivity index (χ3v) is 3.51. The number of methoxy groups -OCH3 is 2. The van der Waals surface area contributed by atoms with Gasteiger partial charge in [-0.3, -0.25) is 0 Å². The molecule has 0 heterocycles. The lowest BCUT2D eigenvalue weighted by Crippen LogP contribution is -2.37. The van der Waals surface area contributed by atoms with E-state index in [1.165, 1.54) is 14.2 Å².